The molecule has 0 fully saturated rings. The Morgan fingerprint density at radius 1 is 1.00 bits per heavy atom. The molecule has 3 aromatic rings. The highest BCUT2D eigenvalue weighted by atomic mass is 15.1. The molecular weight excluding hydrogens is 260 g/mol. The molecule has 1 aromatic heterocycles. The lowest BCUT2D eigenvalue weighted by molar-refractivity contribution is 0.660. The van der Waals surface area contributed by atoms with E-state index in [0.717, 1.165) is 17.5 Å². The highest BCUT2D eigenvalue weighted by Gasteiger charge is 2.32. The van der Waals surface area contributed by atoms with Crippen LogP contribution in [0, 0.1) is 0 Å². The third kappa shape index (κ3) is 1.81. The van der Waals surface area contributed by atoms with Crippen LogP contribution in [0.3, 0.4) is 0 Å². The van der Waals surface area contributed by atoms with E-state index in [0.29, 0.717) is 0 Å². The van der Waals surface area contributed by atoms with E-state index in [4.69, 9.17) is 5.53 Å². The fourth-order valence-electron chi connectivity index (χ4n) is 3.46. The summed E-state index contributed by atoms with van der Waals surface area (Å²) in [6.07, 6.45) is 2.93. The van der Waals surface area contributed by atoms with Crippen molar-refractivity contribution in [1.29, 1.82) is 0 Å². The van der Waals surface area contributed by atoms with Gasteiger partial charge in [0.2, 0.25) is 0 Å². The Hall–Kier alpha value is -2.71. The predicted octanol–water partition coefficient (Wildman–Crippen LogP) is 5.05. The van der Waals surface area contributed by atoms with Gasteiger partial charge in [-0.05, 0) is 34.7 Å². The van der Waals surface area contributed by atoms with Gasteiger partial charge in [0.1, 0.15) is 0 Å². The zero-order chi connectivity index (χ0) is 14.2. The van der Waals surface area contributed by atoms with Gasteiger partial charge in [0.15, 0.2) is 0 Å². The molecule has 102 valence electrons. The summed E-state index contributed by atoms with van der Waals surface area (Å²) < 4.78 is 0. The minimum absolute atomic E-state index is 0.0649. The number of hydrogen-bond acceptors (Lipinski definition) is 1. The maximum absolute atomic E-state index is 8.79. The smallest absolute Gasteiger partial charge is 0.0637 e. The summed E-state index contributed by atoms with van der Waals surface area (Å²) in [5, 5.41) is 5.22. The maximum Gasteiger partial charge on any atom is 0.0637 e. The van der Waals surface area contributed by atoms with E-state index in [2.05, 4.69) is 57.6 Å². The topological polar surface area (TPSA) is 64.6 Å². The van der Waals surface area contributed by atoms with Gasteiger partial charge < -0.3 is 4.98 Å². The lowest BCUT2D eigenvalue weighted by Gasteiger charge is -2.10. The summed E-state index contributed by atoms with van der Waals surface area (Å²) in [4.78, 5) is 6.35. The van der Waals surface area contributed by atoms with Crippen molar-refractivity contribution in [2.45, 2.75) is 18.4 Å². The zero-order valence-corrected chi connectivity index (χ0v) is 11.4. The molecule has 1 heterocycles. The van der Waals surface area contributed by atoms with Crippen LogP contribution in [0.4, 0.5) is 0 Å². The first kappa shape index (κ1) is 12.1. The van der Waals surface area contributed by atoms with Crippen LogP contribution < -0.4 is 0 Å². The molecule has 21 heavy (non-hydrogen) atoms. The lowest BCUT2D eigenvalue weighted by Crippen LogP contribution is -1.94. The van der Waals surface area contributed by atoms with E-state index >= 15 is 0 Å². The van der Waals surface area contributed by atoms with Gasteiger partial charge in [-0.1, -0.05) is 47.6 Å². The molecule has 0 amide bonds. The number of azide groups is 1. The lowest BCUT2D eigenvalue weighted by atomic mass is 9.93. The molecule has 4 rings (SSSR count). The first-order chi connectivity index (χ1) is 10.4. The third-order valence-corrected chi connectivity index (χ3v) is 4.38. The zero-order valence-electron chi connectivity index (χ0n) is 11.4. The molecule has 0 spiro atoms. The normalized spacial score (nSPS) is 20.2. The number of nitrogens with zero attached hydrogens (tertiary/aromatic N) is 3. The summed E-state index contributed by atoms with van der Waals surface area (Å²) in [5.74, 6) is 0.285. The van der Waals surface area contributed by atoms with E-state index in [1.807, 2.05) is 12.1 Å². The standard InChI is InChI=1S/C17H14N4/c18-21-20-17-9-14(11-5-1-2-6-12(11)17)15-10-19-16-8-4-3-7-13(15)16/h1-8,10,14,17,19H,9H2/t14-,17+/m1/s1. The Bertz CT molecular complexity index is 858. The molecular formula is C17H14N4. The van der Waals surface area contributed by atoms with Gasteiger partial charge in [0.05, 0.1) is 6.04 Å². The molecule has 2 atom stereocenters. The number of H-pyrrole nitrogens is 1. The Morgan fingerprint density at radius 3 is 2.62 bits per heavy atom. The highest BCUT2D eigenvalue weighted by Crippen LogP contribution is 2.47. The number of aromatic amines is 1. The molecule has 0 radical (unpaired) electrons. The molecule has 0 saturated heterocycles. The first-order valence-electron chi connectivity index (χ1n) is 7.07. The summed E-state index contributed by atoms with van der Waals surface area (Å²) >= 11 is 0. The number of rotatable bonds is 2. The highest BCUT2D eigenvalue weighted by molar-refractivity contribution is 5.84. The van der Waals surface area contributed by atoms with Crippen LogP contribution in [-0.4, -0.2) is 4.98 Å². The molecule has 0 saturated carbocycles. The number of aromatic nitrogens is 1. The van der Waals surface area contributed by atoms with Crippen molar-refractivity contribution in [3.8, 4) is 0 Å². The minimum atomic E-state index is -0.0649. The van der Waals surface area contributed by atoms with Crippen LogP contribution in [0.2, 0.25) is 0 Å². The second-order valence-electron chi connectivity index (χ2n) is 5.43. The van der Waals surface area contributed by atoms with Gasteiger partial charge >= 0.3 is 0 Å². The van der Waals surface area contributed by atoms with E-state index < -0.39 is 0 Å². The molecule has 0 bridgehead atoms. The van der Waals surface area contributed by atoms with E-state index in [1.165, 1.54) is 16.5 Å². The van der Waals surface area contributed by atoms with E-state index in [9.17, 15) is 0 Å². The van der Waals surface area contributed by atoms with Gasteiger partial charge in [0, 0.05) is 27.9 Å². The van der Waals surface area contributed by atoms with Gasteiger partial charge in [-0.15, -0.1) is 0 Å². The summed E-state index contributed by atoms with van der Waals surface area (Å²) in [5.41, 5.74) is 13.7. The average molecular weight is 274 g/mol. The summed E-state index contributed by atoms with van der Waals surface area (Å²) in [7, 11) is 0. The van der Waals surface area contributed by atoms with Crippen molar-refractivity contribution in [3.05, 3.63) is 81.9 Å². The van der Waals surface area contributed by atoms with Crippen LogP contribution in [0.25, 0.3) is 21.3 Å². The Labute approximate surface area is 122 Å². The van der Waals surface area contributed by atoms with Crippen LogP contribution in [0.15, 0.2) is 59.8 Å². The fraction of sp³-hybridized carbons (Fsp3) is 0.176. The molecule has 4 nitrogen and oxygen atoms in total. The Kier molecular flexibility index (Phi) is 2.69. The second-order valence-corrected chi connectivity index (χ2v) is 5.43. The van der Waals surface area contributed by atoms with Crippen molar-refractivity contribution < 1.29 is 0 Å². The molecule has 0 aliphatic heterocycles. The minimum Gasteiger partial charge on any atom is -0.361 e. The molecule has 2 aromatic carbocycles. The number of hydrogen-bond donors (Lipinski definition) is 1. The van der Waals surface area contributed by atoms with Crippen LogP contribution in [0.1, 0.15) is 35.1 Å². The SMILES string of the molecule is [N-]=[N+]=N[C@H]1C[C@@H](c2c[nH]c3ccccc23)c2ccccc21. The first-order valence-corrected chi connectivity index (χ1v) is 7.07. The van der Waals surface area contributed by atoms with Crippen molar-refractivity contribution in [2.75, 3.05) is 0 Å². The van der Waals surface area contributed by atoms with Crippen LogP contribution in [0.5, 0.6) is 0 Å². The Balaban J connectivity index is 1.88. The second kappa shape index (κ2) is 4.69. The summed E-state index contributed by atoms with van der Waals surface area (Å²) in [6, 6.07) is 16.5. The molecule has 1 N–H and O–H groups in total. The van der Waals surface area contributed by atoms with Gasteiger partial charge in [-0.3, -0.25) is 0 Å². The average Bonchev–Trinajstić information content (AvgIpc) is 3.10. The van der Waals surface area contributed by atoms with Gasteiger partial charge in [-0.2, -0.15) is 0 Å². The van der Waals surface area contributed by atoms with Crippen molar-refractivity contribution in [3.63, 3.8) is 0 Å². The van der Waals surface area contributed by atoms with Crippen LogP contribution in [-0.2, 0) is 0 Å². The number of benzene rings is 2. The predicted molar refractivity (Wildman–Crippen MR) is 83.1 cm³/mol. The van der Waals surface area contributed by atoms with Gasteiger partial charge in [0.25, 0.3) is 0 Å². The molecule has 0 unspecified atom stereocenters. The number of nitrogens with one attached hydrogen (secondary N) is 1. The molecule has 4 heteroatoms. The summed E-state index contributed by atoms with van der Waals surface area (Å²) in [6.45, 7) is 0. The van der Waals surface area contributed by atoms with E-state index in [-0.39, 0.29) is 12.0 Å². The molecule has 1 aliphatic carbocycles. The third-order valence-electron chi connectivity index (χ3n) is 4.38. The van der Waals surface area contributed by atoms with Crippen molar-refractivity contribution in [2.24, 2.45) is 5.11 Å². The fourth-order valence-corrected chi connectivity index (χ4v) is 3.46. The van der Waals surface area contributed by atoms with E-state index in [1.54, 1.807) is 0 Å². The molecule has 1 aliphatic rings. The van der Waals surface area contributed by atoms with Crippen LogP contribution >= 0.6 is 0 Å². The Morgan fingerprint density at radius 2 is 1.76 bits per heavy atom. The number of fused-ring (bicyclic) bond motifs is 2. The monoisotopic (exact) mass is 274 g/mol. The maximum atomic E-state index is 8.79. The van der Waals surface area contributed by atoms with Gasteiger partial charge in [-0.25, -0.2) is 0 Å². The van der Waals surface area contributed by atoms with Crippen molar-refractivity contribution >= 4 is 10.9 Å². The number of para-hydroxylation sites is 1. The largest absolute Gasteiger partial charge is 0.361 e. The van der Waals surface area contributed by atoms with Crippen molar-refractivity contribution in [1.82, 2.24) is 4.98 Å². The quantitative estimate of drug-likeness (QED) is 0.386.